The van der Waals surface area contributed by atoms with Gasteiger partial charge in [-0.2, -0.15) is 0 Å². The van der Waals surface area contributed by atoms with Crippen LogP contribution in [-0.4, -0.2) is 41.3 Å². The molecule has 128 valence electrons. The predicted molar refractivity (Wildman–Crippen MR) is 94.2 cm³/mol. The van der Waals surface area contributed by atoms with Gasteiger partial charge in [0.2, 0.25) is 0 Å². The number of rotatable bonds is 6. The molecule has 1 atom stereocenters. The average molecular weight is 327 g/mol. The van der Waals surface area contributed by atoms with Crippen molar-refractivity contribution < 1.29 is 4.74 Å². The predicted octanol–water partition coefficient (Wildman–Crippen LogP) is 2.59. The number of hydrogen-bond acceptors (Lipinski definition) is 4. The van der Waals surface area contributed by atoms with Gasteiger partial charge in [-0.05, 0) is 50.3 Å². The molecule has 1 saturated carbocycles. The zero-order valence-electron chi connectivity index (χ0n) is 14.3. The van der Waals surface area contributed by atoms with Gasteiger partial charge in [-0.1, -0.05) is 12.1 Å². The molecule has 0 amide bonds. The van der Waals surface area contributed by atoms with Gasteiger partial charge in [0.25, 0.3) is 5.56 Å². The molecule has 2 fully saturated rings. The zero-order chi connectivity index (χ0) is 16.5. The largest absolute Gasteiger partial charge is 0.383 e. The van der Waals surface area contributed by atoms with Gasteiger partial charge in [-0.15, -0.1) is 0 Å². The monoisotopic (exact) mass is 327 g/mol. The van der Waals surface area contributed by atoms with E-state index in [1.165, 1.54) is 12.8 Å². The van der Waals surface area contributed by atoms with Gasteiger partial charge in [0.1, 0.15) is 5.82 Å². The van der Waals surface area contributed by atoms with Crippen molar-refractivity contribution in [3.8, 4) is 0 Å². The Labute approximate surface area is 142 Å². The molecule has 1 unspecified atom stereocenters. The Kier molecular flexibility index (Phi) is 4.37. The number of nitrogens with zero attached hydrogens (tertiary/aromatic N) is 3. The Morgan fingerprint density at radius 1 is 1.25 bits per heavy atom. The Bertz CT molecular complexity index is 782. The van der Waals surface area contributed by atoms with E-state index in [1.54, 1.807) is 7.11 Å². The molecule has 0 bridgehead atoms. The van der Waals surface area contributed by atoms with E-state index in [9.17, 15) is 4.79 Å². The molecule has 0 N–H and O–H groups in total. The van der Waals surface area contributed by atoms with Crippen LogP contribution in [-0.2, 0) is 11.3 Å². The lowest BCUT2D eigenvalue weighted by Gasteiger charge is -2.26. The van der Waals surface area contributed by atoms with E-state index in [0.717, 1.165) is 55.8 Å². The molecule has 1 aliphatic carbocycles. The summed E-state index contributed by atoms with van der Waals surface area (Å²) in [5, 5.41) is 0.739. The quantitative estimate of drug-likeness (QED) is 0.818. The van der Waals surface area contributed by atoms with Crippen molar-refractivity contribution >= 4 is 10.9 Å². The average Bonchev–Trinajstić information content (AvgIpc) is 3.30. The molecular formula is C19H25N3O2. The molecular weight excluding hydrogens is 302 g/mol. The minimum Gasteiger partial charge on any atom is -0.383 e. The lowest BCUT2D eigenvalue weighted by Crippen LogP contribution is -2.34. The molecule has 5 heteroatoms. The molecule has 1 aliphatic heterocycles. The van der Waals surface area contributed by atoms with Crippen LogP contribution in [0.2, 0.25) is 0 Å². The molecule has 2 heterocycles. The third kappa shape index (κ3) is 2.98. The zero-order valence-corrected chi connectivity index (χ0v) is 14.3. The first-order chi connectivity index (χ1) is 11.8. The lowest BCUT2D eigenvalue weighted by atomic mass is 10.1. The maximum Gasteiger partial charge on any atom is 0.261 e. The van der Waals surface area contributed by atoms with Crippen molar-refractivity contribution in [1.29, 1.82) is 0 Å². The molecule has 2 aliphatic rings. The molecule has 1 aromatic carbocycles. The number of hydrogen-bond donors (Lipinski definition) is 0. The summed E-state index contributed by atoms with van der Waals surface area (Å²) in [7, 11) is 1.74. The minimum atomic E-state index is 0.126. The SMILES string of the molecule is COCCN1CCCC1c1nc2ccccc2c(=O)n1CC1CC1. The molecule has 24 heavy (non-hydrogen) atoms. The van der Waals surface area contributed by atoms with E-state index in [0.29, 0.717) is 5.92 Å². The fourth-order valence-corrected chi connectivity index (χ4v) is 3.77. The second kappa shape index (κ2) is 6.65. The van der Waals surface area contributed by atoms with Crippen LogP contribution in [0, 0.1) is 5.92 Å². The summed E-state index contributed by atoms with van der Waals surface area (Å²) < 4.78 is 7.22. The van der Waals surface area contributed by atoms with Crippen molar-refractivity contribution in [3.05, 3.63) is 40.4 Å². The number of benzene rings is 1. The third-order valence-electron chi connectivity index (χ3n) is 5.27. The highest BCUT2D eigenvalue weighted by atomic mass is 16.5. The fraction of sp³-hybridized carbons (Fsp3) is 0.579. The Balaban J connectivity index is 1.78. The van der Waals surface area contributed by atoms with Crippen LogP contribution < -0.4 is 5.56 Å². The van der Waals surface area contributed by atoms with Crippen molar-refractivity contribution in [2.24, 2.45) is 5.92 Å². The lowest BCUT2D eigenvalue weighted by molar-refractivity contribution is 0.137. The van der Waals surface area contributed by atoms with Crippen molar-refractivity contribution in [2.75, 3.05) is 26.8 Å². The summed E-state index contributed by atoms with van der Waals surface area (Å²) in [6.07, 6.45) is 4.69. The van der Waals surface area contributed by atoms with E-state index in [2.05, 4.69) is 4.90 Å². The molecule has 0 radical (unpaired) electrons. The molecule has 4 rings (SSSR count). The van der Waals surface area contributed by atoms with Crippen LogP contribution in [0.5, 0.6) is 0 Å². The molecule has 5 nitrogen and oxygen atoms in total. The van der Waals surface area contributed by atoms with Gasteiger partial charge in [0.05, 0.1) is 23.6 Å². The van der Waals surface area contributed by atoms with Gasteiger partial charge in [-0.3, -0.25) is 14.3 Å². The van der Waals surface area contributed by atoms with Gasteiger partial charge in [0.15, 0.2) is 0 Å². The van der Waals surface area contributed by atoms with E-state index >= 15 is 0 Å². The normalized spacial score (nSPS) is 21.6. The Hall–Kier alpha value is -1.72. The number of aromatic nitrogens is 2. The summed E-state index contributed by atoms with van der Waals surface area (Å²) in [5.74, 6) is 1.61. The Morgan fingerprint density at radius 3 is 2.88 bits per heavy atom. The first-order valence-corrected chi connectivity index (χ1v) is 9.00. The van der Waals surface area contributed by atoms with Crippen molar-refractivity contribution in [3.63, 3.8) is 0 Å². The summed E-state index contributed by atoms with van der Waals surface area (Å²) >= 11 is 0. The number of methoxy groups -OCH3 is 1. The summed E-state index contributed by atoms with van der Waals surface area (Å²) in [6.45, 7) is 3.49. The second-order valence-electron chi connectivity index (χ2n) is 7.03. The third-order valence-corrected chi connectivity index (χ3v) is 5.27. The van der Waals surface area contributed by atoms with Crippen molar-refractivity contribution in [2.45, 2.75) is 38.3 Å². The van der Waals surface area contributed by atoms with Crippen LogP contribution in [0.3, 0.4) is 0 Å². The number of para-hydroxylation sites is 1. The second-order valence-corrected chi connectivity index (χ2v) is 7.03. The molecule has 1 saturated heterocycles. The molecule has 0 spiro atoms. The Morgan fingerprint density at radius 2 is 2.08 bits per heavy atom. The number of ether oxygens (including phenoxy) is 1. The van der Waals surface area contributed by atoms with Gasteiger partial charge < -0.3 is 4.74 Å². The highest BCUT2D eigenvalue weighted by molar-refractivity contribution is 5.77. The van der Waals surface area contributed by atoms with Gasteiger partial charge in [0, 0.05) is 20.2 Å². The van der Waals surface area contributed by atoms with E-state index in [-0.39, 0.29) is 11.6 Å². The summed E-state index contributed by atoms with van der Waals surface area (Å²) in [4.78, 5) is 20.4. The first kappa shape index (κ1) is 15.8. The van der Waals surface area contributed by atoms with E-state index in [4.69, 9.17) is 9.72 Å². The summed E-state index contributed by atoms with van der Waals surface area (Å²) in [5.41, 5.74) is 0.948. The molecule has 2 aromatic rings. The standard InChI is InChI=1S/C19H25N3O2/c1-24-12-11-21-10-4-7-17(21)18-20-16-6-3-2-5-15(16)19(23)22(18)13-14-8-9-14/h2-3,5-6,14,17H,4,7-13H2,1H3. The van der Waals surface area contributed by atoms with Crippen LogP contribution >= 0.6 is 0 Å². The number of fused-ring (bicyclic) bond motifs is 1. The van der Waals surface area contributed by atoms with Gasteiger partial charge in [-0.25, -0.2) is 4.98 Å². The highest BCUT2D eigenvalue weighted by Crippen LogP contribution is 2.34. The van der Waals surface area contributed by atoms with Gasteiger partial charge >= 0.3 is 0 Å². The van der Waals surface area contributed by atoms with Crippen LogP contribution in [0.15, 0.2) is 29.1 Å². The maximum absolute atomic E-state index is 13.1. The minimum absolute atomic E-state index is 0.126. The smallest absolute Gasteiger partial charge is 0.261 e. The van der Waals surface area contributed by atoms with E-state index < -0.39 is 0 Å². The number of likely N-dealkylation sites (tertiary alicyclic amines) is 1. The van der Waals surface area contributed by atoms with Crippen molar-refractivity contribution in [1.82, 2.24) is 14.5 Å². The maximum atomic E-state index is 13.1. The fourth-order valence-electron chi connectivity index (χ4n) is 3.77. The van der Waals surface area contributed by atoms with Crippen LogP contribution in [0.1, 0.15) is 37.5 Å². The topological polar surface area (TPSA) is 47.4 Å². The van der Waals surface area contributed by atoms with Crippen LogP contribution in [0.4, 0.5) is 0 Å². The molecule has 1 aromatic heterocycles. The first-order valence-electron chi connectivity index (χ1n) is 9.00. The van der Waals surface area contributed by atoms with Crippen LogP contribution in [0.25, 0.3) is 10.9 Å². The summed E-state index contributed by atoms with van der Waals surface area (Å²) in [6, 6.07) is 7.97. The highest BCUT2D eigenvalue weighted by Gasteiger charge is 2.32. The van der Waals surface area contributed by atoms with E-state index in [1.807, 2.05) is 28.8 Å².